The van der Waals surface area contributed by atoms with Gasteiger partial charge >= 0.3 is 5.97 Å². The Labute approximate surface area is 80.4 Å². The lowest BCUT2D eigenvalue weighted by Crippen LogP contribution is -2.24. The van der Waals surface area contributed by atoms with Crippen LogP contribution in [0, 0.1) is 5.92 Å². The Morgan fingerprint density at radius 2 is 1.92 bits per heavy atom. The first-order chi connectivity index (χ1) is 5.93. The second-order valence-electron chi connectivity index (χ2n) is 3.93. The first-order valence-electron chi connectivity index (χ1n) is 4.56. The summed E-state index contributed by atoms with van der Waals surface area (Å²) in [5, 5.41) is 0. The zero-order valence-electron chi connectivity index (χ0n) is 9.22. The Bertz CT molecular complexity index is 164. The molecule has 0 aromatic heterocycles. The fourth-order valence-electron chi connectivity index (χ4n) is 0.985. The van der Waals surface area contributed by atoms with Crippen molar-refractivity contribution in [2.75, 3.05) is 14.2 Å². The van der Waals surface area contributed by atoms with Gasteiger partial charge in [-0.1, -0.05) is 6.92 Å². The summed E-state index contributed by atoms with van der Waals surface area (Å²) in [6, 6.07) is 0. The average molecular weight is 188 g/mol. The van der Waals surface area contributed by atoms with E-state index < -0.39 is 0 Å². The molecular formula is C10H20O3. The molecule has 0 aliphatic rings. The maximum atomic E-state index is 11.1. The lowest BCUT2D eigenvalue weighted by molar-refractivity contribution is -0.145. The third-order valence-corrected chi connectivity index (χ3v) is 2.34. The Hall–Kier alpha value is -0.570. The maximum Gasteiger partial charge on any atom is 0.308 e. The fourth-order valence-corrected chi connectivity index (χ4v) is 0.985. The van der Waals surface area contributed by atoms with E-state index in [0.29, 0.717) is 0 Å². The van der Waals surface area contributed by atoms with E-state index >= 15 is 0 Å². The fraction of sp³-hybridized carbons (Fsp3) is 0.900. The minimum atomic E-state index is -0.151. The largest absolute Gasteiger partial charge is 0.469 e. The number of hydrogen-bond acceptors (Lipinski definition) is 3. The van der Waals surface area contributed by atoms with Crippen molar-refractivity contribution >= 4 is 5.97 Å². The van der Waals surface area contributed by atoms with Crippen LogP contribution in [-0.2, 0) is 14.3 Å². The van der Waals surface area contributed by atoms with Crippen molar-refractivity contribution in [3.63, 3.8) is 0 Å². The van der Waals surface area contributed by atoms with Gasteiger partial charge in [0.05, 0.1) is 18.6 Å². The van der Waals surface area contributed by atoms with Gasteiger partial charge in [-0.25, -0.2) is 0 Å². The smallest absolute Gasteiger partial charge is 0.308 e. The predicted molar refractivity (Wildman–Crippen MR) is 51.5 cm³/mol. The number of carbonyl (C=O) groups excluding carboxylic acids is 1. The van der Waals surface area contributed by atoms with Gasteiger partial charge in [0.15, 0.2) is 0 Å². The van der Waals surface area contributed by atoms with Crippen molar-refractivity contribution in [3.8, 4) is 0 Å². The molecule has 0 bridgehead atoms. The molecule has 0 fully saturated rings. The van der Waals surface area contributed by atoms with Gasteiger partial charge in [-0.15, -0.1) is 0 Å². The highest BCUT2D eigenvalue weighted by molar-refractivity contribution is 5.71. The SMILES string of the molecule is COC(=O)C(C)CCC(C)(C)OC. The minimum Gasteiger partial charge on any atom is -0.469 e. The van der Waals surface area contributed by atoms with Crippen molar-refractivity contribution in [2.45, 2.75) is 39.2 Å². The summed E-state index contributed by atoms with van der Waals surface area (Å²) >= 11 is 0. The zero-order valence-corrected chi connectivity index (χ0v) is 9.22. The summed E-state index contributed by atoms with van der Waals surface area (Å²) in [6.45, 7) is 5.89. The van der Waals surface area contributed by atoms with Gasteiger partial charge in [0.2, 0.25) is 0 Å². The predicted octanol–water partition coefficient (Wildman–Crippen LogP) is 2.00. The lowest BCUT2D eigenvalue weighted by Gasteiger charge is -2.23. The molecule has 0 aromatic carbocycles. The summed E-state index contributed by atoms with van der Waals surface area (Å²) in [4.78, 5) is 11.1. The molecule has 0 aromatic rings. The van der Waals surface area contributed by atoms with Crippen molar-refractivity contribution in [3.05, 3.63) is 0 Å². The highest BCUT2D eigenvalue weighted by atomic mass is 16.5. The van der Waals surface area contributed by atoms with Crippen LogP contribution in [-0.4, -0.2) is 25.8 Å². The summed E-state index contributed by atoms with van der Waals surface area (Å²) in [5.74, 6) is -0.189. The number of hydrogen-bond donors (Lipinski definition) is 0. The maximum absolute atomic E-state index is 11.1. The van der Waals surface area contributed by atoms with E-state index in [9.17, 15) is 4.79 Å². The molecule has 0 amide bonds. The van der Waals surface area contributed by atoms with Crippen molar-refractivity contribution in [2.24, 2.45) is 5.92 Å². The number of rotatable bonds is 5. The van der Waals surface area contributed by atoms with Gasteiger partial charge in [-0.05, 0) is 26.7 Å². The van der Waals surface area contributed by atoms with Crippen molar-refractivity contribution in [1.29, 1.82) is 0 Å². The molecule has 3 heteroatoms. The second kappa shape index (κ2) is 5.22. The van der Waals surface area contributed by atoms with E-state index in [1.807, 2.05) is 20.8 Å². The third kappa shape index (κ3) is 4.88. The Balaban J connectivity index is 3.82. The van der Waals surface area contributed by atoms with Gasteiger partial charge in [-0.2, -0.15) is 0 Å². The van der Waals surface area contributed by atoms with Gasteiger partial charge in [-0.3, -0.25) is 4.79 Å². The van der Waals surface area contributed by atoms with Gasteiger partial charge in [0.1, 0.15) is 0 Å². The normalized spacial score (nSPS) is 13.9. The Morgan fingerprint density at radius 1 is 1.38 bits per heavy atom. The topological polar surface area (TPSA) is 35.5 Å². The van der Waals surface area contributed by atoms with E-state index in [0.717, 1.165) is 12.8 Å². The van der Waals surface area contributed by atoms with Crippen LogP contribution in [0.1, 0.15) is 33.6 Å². The van der Waals surface area contributed by atoms with E-state index in [1.54, 1.807) is 7.11 Å². The zero-order chi connectivity index (χ0) is 10.5. The first-order valence-corrected chi connectivity index (χ1v) is 4.56. The molecule has 78 valence electrons. The van der Waals surface area contributed by atoms with Crippen LogP contribution in [0.3, 0.4) is 0 Å². The molecule has 0 saturated carbocycles. The van der Waals surface area contributed by atoms with Crippen LogP contribution in [0.4, 0.5) is 0 Å². The molecule has 1 atom stereocenters. The van der Waals surface area contributed by atoms with Crippen molar-refractivity contribution in [1.82, 2.24) is 0 Å². The monoisotopic (exact) mass is 188 g/mol. The first kappa shape index (κ1) is 12.4. The molecule has 0 spiro atoms. The second-order valence-corrected chi connectivity index (χ2v) is 3.93. The van der Waals surface area contributed by atoms with E-state index in [1.165, 1.54) is 7.11 Å². The van der Waals surface area contributed by atoms with Crippen LogP contribution in [0.15, 0.2) is 0 Å². The number of methoxy groups -OCH3 is 2. The number of esters is 1. The summed E-state index contributed by atoms with van der Waals surface area (Å²) in [7, 11) is 3.10. The molecule has 1 unspecified atom stereocenters. The minimum absolute atomic E-state index is 0.0422. The summed E-state index contributed by atoms with van der Waals surface area (Å²) in [5.41, 5.74) is -0.151. The molecule has 0 heterocycles. The van der Waals surface area contributed by atoms with Crippen LogP contribution in [0.25, 0.3) is 0 Å². The highest BCUT2D eigenvalue weighted by Gasteiger charge is 2.20. The van der Waals surface area contributed by atoms with Crippen LogP contribution in [0.2, 0.25) is 0 Å². The van der Waals surface area contributed by atoms with Crippen molar-refractivity contribution < 1.29 is 14.3 Å². The standard InChI is InChI=1S/C10H20O3/c1-8(9(11)12-4)6-7-10(2,3)13-5/h8H,6-7H2,1-5H3. The van der Waals surface area contributed by atoms with E-state index in [-0.39, 0.29) is 17.5 Å². The molecule has 0 radical (unpaired) electrons. The molecule has 0 rings (SSSR count). The molecular weight excluding hydrogens is 168 g/mol. The highest BCUT2D eigenvalue weighted by Crippen LogP contribution is 2.19. The Morgan fingerprint density at radius 3 is 2.31 bits per heavy atom. The lowest BCUT2D eigenvalue weighted by atomic mass is 9.96. The quantitative estimate of drug-likeness (QED) is 0.619. The molecule has 0 saturated heterocycles. The van der Waals surface area contributed by atoms with Crippen LogP contribution in [0.5, 0.6) is 0 Å². The van der Waals surface area contributed by atoms with Gasteiger partial charge in [0.25, 0.3) is 0 Å². The number of ether oxygens (including phenoxy) is 2. The average Bonchev–Trinajstić information content (AvgIpc) is 2.13. The van der Waals surface area contributed by atoms with Gasteiger partial charge in [0, 0.05) is 7.11 Å². The Kier molecular flexibility index (Phi) is 4.99. The van der Waals surface area contributed by atoms with E-state index in [2.05, 4.69) is 4.74 Å². The van der Waals surface area contributed by atoms with Gasteiger partial charge < -0.3 is 9.47 Å². The van der Waals surface area contributed by atoms with Crippen LogP contribution < -0.4 is 0 Å². The van der Waals surface area contributed by atoms with E-state index in [4.69, 9.17) is 4.74 Å². The number of carbonyl (C=O) groups is 1. The van der Waals surface area contributed by atoms with Crippen LogP contribution >= 0.6 is 0 Å². The molecule has 13 heavy (non-hydrogen) atoms. The molecule has 3 nitrogen and oxygen atoms in total. The molecule has 0 aliphatic heterocycles. The third-order valence-electron chi connectivity index (χ3n) is 2.34. The molecule has 0 N–H and O–H groups in total. The summed E-state index contributed by atoms with van der Waals surface area (Å²) < 4.78 is 9.88. The molecule has 0 aliphatic carbocycles. The summed E-state index contributed by atoms with van der Waals surface area (Å²) in [6.07, 6.45) is 1.66.